The molecule has 1 atom stereocenters. The summed E-state index contributed by atoms with van der Waals surface area (Å²) in [6.45, 7) is 0. The summed E-state index contributed by atoms with van der Waals surface area (Å²) in [6.07, 6.45) is 0. The molecule has 78 valence electrons. The van der Waals surface area contributed by atoms with Gasteiger partial charge in [-0.15, -0.1) is 0 Å². The molecule has 7 nitrogen and oxygen atoms in total. The second kappa shape index (κ2) is 5.11. The van der Waals surface area contributed by atoms with Crippen molar-refractivity contribution in [3.05, 3.63) is 40.3 Å². The van der Waals surface area contributed by atoms with Crippen LogP contribution in [0.2, 0.25) is 0 Å². The smallest absolute Gasteiger partial charge is 0.349 e. The molecule has 0 amide bonds. The summed E-state index contributed by atoms with van der Waals surface area (Å²) < 4.78 is 20.9. The van der Waals surface area contributed by atoms with Crippen LogP contribution in [-0.2, 0) is 15.9 Å². The molecule has 1 aromatic rings. The Kier molecular flexibility index (Phi) is 3.81. The lowest BCUT2D eigenvalue weighted by Gasteiger charge is -2.04. The van der Waals surface area contributed by atoms with Gasteiger partial charge in [0.25, 0.3) is 0 Å². The molecule has 8 heteroatoms. The third-order valence-electron chi connectivity index (χ3n) is 1.44. The molecule has 1 unspecified atom stereocenters. The van der Waals surface area contributed by atoms with Gasteiger partial charge >= 0.3 is 5.97 Å². The van der Waals surface area contributed by atoms with Crippen molar-refractivity contribution in [1.82, 2.24) is 0 Å². The first kappa shape index (κ1) is 11.2. The van der Waals surface area contributed by atoms with E-state index in [4.69, 9.17) is 5.53 Å². The lowest BCUT2D eigenvalue weighted by Crippen LogP contribution is -2.00. The largest absolute Gasteiger partial charge is 0.768 e. The molecule has 0 aromatic heterocycles. The quantitative estimate of drug-likeness (QED) is 0.254. The molecular formula is C7H4N3O4S-. The van der Waals surface area contributed by atoms with Gasteiger partial charge in [0.05, 0.1) is 5.56 Å². The zero-order valence-corrected chi connectivity index (χ0v) is 8.01. The first-order valence-corrected chi connectivity index (χ1v) is 4.67. The zero-order valence-electron chi connectivity index (χ0n) is 7.19. The van der Waals surface area contributed by atoms with Gasteiger partial charge in [0.1, 0.15) is 5.28 Å². The Morgan fingerprint density at radius 2 is 2.07 bits per heavy atom. The molecule has 0 bridgehead atoms. The SMILES string of the molecule is [N-]=[N+]=NOC(=O)c1ccc(S(=O)[O-])cc1. The highest BCUT2D eigenvalue weighted by molar-refractivity contribution is 7.79. The fraction of sp³-hybridized carbons (Fsp3) is 0. The minimum Gasteiger partial charge on any atom is -0.768 e. The van der Waals surface area contributed by atoms with Gasteiger partial charge in [0.2, 0.25) is 0 Å². The summed E-state index contributed by atoms with van der Waals surface area (Å²) in [6, 6.07) is 4.96. The van der Waals surface area contributed by atoms with Crippen LogP contribution in [0, 0.1) is 0 Å². The van der Waals surface area contributed by atoms with E-state index < -0.39 is 17.0 Å². The highest BCUT2D eigenvalue weighted by atomic mass is 32.2. The van der Waals surface area contributed by atoms with Crippen molar-refractivity contribution in [2.45, 2.75) is 4.90 Å². The predicted octanol–water partition coefficient (Wildman–Crippen LogP) is 1.31. The van der Waals surface area contributed by atoms with Crippen LogP contribution in [0.3, 0.4) is 0 Å². The van der Waals surface area contributed by atoms with Crippen LogP contribution < -0.4 is 0 Å². The number of hydrogen-bond donors (Lipinski definition) is 0. The van der Waals surface area contributed by atoms with Gasteiger partial charge in [0, 0.05) is 9.81 Å². The number of rotatable bonds is 3. The Labute approximate surface area is 86.5 Å². The monoisotopic (exact) mass is 226 g/mol. The van der Waals surface area contributed by atoms with Crippen molar-refractivity contribution in [2.75, 3.05) is 0 Å². The van der Waals surface area contributed by atoms with Crippen molar-refractivity contribution in [1.29, 1.82) is 0 Å². The molecule has 0 radical (unpaired) electrons. The lowest BCUT2D eigenvalue weighted by molar-refractivity contribution is 0.0506. The fourth-order valence-electron chi connectivity index (χ4n) is 0.810. The summed E-state index contributed by atoms with van der Waals surface area (Å²) in [4.78, 5) is 17.4. The van der Waals surface area contributed by atoms with Crippen molar-refractivity contribution in [3.8, 4) is 0 Å². The summed E-state index contributed by atoms with van der Waals surface area (Å²) in [5.74, 6) is -0.851. The van der Waals surface area contributed by atoms with Gasteiger partial charge < -0.3 is 9.39 Å². The molecule has 0 saturated heterocycles. The van der Waals surface area contributed by atoms with Gasteiger partial charge in [-0.1, -0.05) is 0 Å². The van der Waals surface area contributed by atoms with E-state index in [-0.39, 0.29) is 10.5 Å². The molecule has 0 heterocycles. The van der Waals surface area contributed by atoms with E-state index in [1.807, 2.05) is 0 Å². The second-order valence-corrected chi connectivity index (χ2v) is 3.25. The molecule has 0 N–H and O–H groups in total. The van der Waals surface area contributed by atoms with E-state index >= 15 is 0 Å². The Morgan fingerprint density at radius 1 is 1.47 bits per heavy atom. The minimum atomic E-state index is -2.34. The second-order valence-electron chi connectivity index (χ2n) is 2.31. The highest BCUT2D eigenvalue weighted by Gasteiger charge is 2.05. The molecule has 1 aromatic carbocycles. The number of carbonyl (C=O) groups is 1. The number of carbonyl (C=O) groups excluding carboxylic acids is 1. The molecule has 0 aliphatic heterocycles. The molecule has 0 spiro atoms. The molecule has 1 rings (SSSR count). The fourth-order valence-corrected chi connectivity index (χ4v) is 1.17. The summed E-state index contributed by atoms with van der Waals surface area (Å²) in [5, 5.41) is 2.61. The average Bonchev–Trinajstić information content (AvgIpc) is 2.26. The maximum atomic E-state index is 11.0. The number of hydrogen-bond acceptors (Lipinski definition) is 5. The van der Waals surface area contributed by atoms with Gasteiger partial charge in [-0.05, 0) is 40.9 Å². The van der Waals surface area contributed by atoms with Crippen LogP contribution in [0.4, 0.5) is 0 Å². The summed E-state index contributed by atoms with van der Waals surface area (Å²) >= 11 is -2.34. The van der Waals surface area contributed by atoms with Crippen LogP contribution >= 0.6 is 0 Å². The molecule has 0 saturated carbocycles. The van der Waals surface area contributed by atoms with Crippen molar-refractivity contribution in [3.63, 3.8) is 0 Å². The van der Waals surface area contributed by atoms with Crippen LogP contribution in [0.15, 0.2) is 34.4 Å². The third-order valence-corrected chi connectivity index (χ3v) is 2.10. The summed E-state index contributed by atoms with van der Waals surface area (Å²) in [5.41, 5.74) is 7.97. The molecular weight excluding hydrogens is 222 g/mol. The summed E-state index contributed by atoms with van der Waals surface area (Å²) in [7, 11) is 0. The van der Waals surface area contributed by atoms with Gasteiger partial charge in [-0.3, -0.25) is 4.21 Å². The predicted molar refractivity (Wildman–Crippen MR) is 48.2 cm³/mol. The van der Waals surface area contributed by atoms with Crippen molar-refractivity contribution < 1.29 is 18.4 Å². The maximum Gasteiger partial charge on any atom is 0.349 e. The molecule has 0 aliphatic carbocycles. The first-order valence-electron chi connectivity index (χ1n) is 3.60. The first-order chi connectivity index (χ1) is 7.15. The normalized spacial score (nSPS) is 11.3. The number of nitrogens with zero attached hydrogens (tertiary/aromatic N) is 3. The van der Waals surface area contributed by atoms with E-state index in [1.165, 1.54) is 24.3 Å². The highest BCUT2D eigenvalue weighted by Crippen LogP contribution is 2.08. The lowest BCUT2D eigenvalue weighted by atomic mass is 10.2. The Bertz CT molecular complexity index is 438. The Hall–Kier alpha value is -1.89. The number of benzene rings is 1. The Balaban J connectivity index is 2.84. The van der Waals surface area contributed by atoms with Crippen LogP contribution in [0.5, 0.6) is 0 Å². The zero-order chi connectivity index (χ0) is 11.3. The Morgan fingerprint density at radius 3 is 2.53 bits per heavy atom. The van der Waals surface area contributed by atoms with E-state index in [0.717, 1.165) is 0 Å². The van der Waals surface area contributed by atoms with E-state index in [9.17, 15) is 13.6 Å². The third kappa shape index (κ3) is 3.06. The standard InChI is InChI=1S/C7H5N3O4S/c8-9-10-14-7(11)5-1-3-6(4-2-5)15(12)13/h1-4H,(H,12,13)/p-1. The minimum absolute atomic E-state index is 0.0512. The van der Waals surface area contributed by atoms with Gasteiger partial charge in [-0.25, -0.2) is 4.79 Å². The van der Waals surface area contributed by atoms with E-state index in [0.29, 0.717) is 0 Å². The van der Waals surface area contributed by atoms with Crippen molar-refractivity contribution in [2.24, 2.45) is 5.28 Å². The molecule has 15 heavy (non-hydrogen) atoms. The van der Waals surface area contributed by atoms with Crippen LogP contribution in [0.1, 0.15) is 10.4 Å². The van der Waals surface area contributed by atoms with Crippen molar-refractivity contribution >= 4 is 17.0 Å². The maximum absolute atomic E-state index is 11.0. The van der Waals surface area contributed by atoms with Crippen LogP contribution in [-0.4, -0.2) is 14.7 Å². The van der Waals surface area contributed by atoms with Crippen LogP contribution in [0.25, 0.3) is 10.4 Å². The molecule has 0 fully saturated rings. The topological polar surface area (TPSA) is 115 Å². The van der Waals surface area contributed by atoms with Gasteiger partial charge in [-0.2, -0.15) is 0 Å². The van der Waals surface area contributed by atoms with E-state index in [2.05, 4.69) is 15.0 Å². The van der Waals surface area contributed by atoms with E-state index in [1.54, 1.807) is 0 Å². The number of azide groups is 1. The average molecular weight is 226 g/mol. The van der Waals surface area contributed by atoms with Gasteiger partial charge in [0.15, 0.2) is 0 Å². The molecule has 0 aliphatic rings.